The van der Waals surface area contributed by atoms with Gasteiger partial charge in [0.2, 0.25) is 0 Å². The molecule has 0 aliphatic heterocycles. The van der Waals surface area contributed by atoms with Crippen LogP contribution in [-0.4, -0.2) is 0 Å². The molecule has 0 aromatic heterocycles. The number of benzene rings is 2. The van der Waals surface area contributed by atoms with Gasteiger partial charge in [-0.05, 0) is 46.6 Å². The van der Waals surface area contributed by atoms with Gasteiger partial charge in [0.05, 0.1) is 10.2 Å². The van der Waals surface area contributed by atoms with Gasteiger partial charge in [-0.1, -0.05) is 6.07 Å². The first kappa shape index (κ1) is 12.8. The Bertz CT molecular complexity index is 602. The maximum atomic E-state index is 13.5. The average molecular weight is 314 g/mol. The molecule has 0 atom stereocenters. The van der Waals surface area contributed by atoms with Gasteiger partial charge in [-0.3, -0.25) is 0 Å². The molecule has 0 radical (unpaired) electrons. The number of hydrogen-bond acceptors (Lipinski definition) is 2. The Morgan fingerprint density at radius 3 is 2.50 bits per heavy atom. The summed E-state index contributed by atoms with van der Waals surface area (Å²) in [6.45, 7) is 1.80. The monoisotopic (exact) mass is 313 g/mol. The maximum Gasteiger partial charge on any atom is 0.165 e. The molecule has 0 spiro atoms. The van der Waals surface area contributed by atoms with Crippen molar-refractivity contribution in [1.82, 2.24) is 0 Å². The standard InChI is InChI=1S/C13H10BrF2NO/c1-7-2-3-9(15)12(4-7)18-13-6-10(16)8(14)5-11(13)17/h2-6H,17H2,1H3. The quantitative estimate of drug-likeness (QED) is 0.833. The summed E-state index contributed by atoms with van der Waals surface area (Å²) in [6, 6.07) is 6.91. The lowest BCUT2D eigenvalue weighted by Gasteiger charge is -2.10. The summed E-state index contributed by atoms with van der Waals surface area (Å²) in [5.74, 6) is -0.945. The van der Waals surface area contributed by atoms with Crippen LogP contribution in [0.3, 0.4) is 0 Å². The number of ether oxygens (including phenoxy) is 1. The molecule has 0 unspecified atom stereocenters. The van der Waals surface area contributed by atoms with E-state index in [1.807, 2.05) is 0 Å². The van der Waals surface area contributed by atoms with Crippen molar-refractivity contribution in [3.05, 3.63) is 52.0 Å². The predicted octanol–water partition coefficient (Wildman–Crippen LogP) is 4.41. The zero-order valence-corrected chi connectivity index (χ0v) is 11.1. The Labute approximate surface area is 112 Å². The third-order valence-electron chi connectivity index (χ3n) is 2.36. The average Bonchev–Trinajstić information content (AvgIpc) is 2.30. The highest BCUT2D eigenvalue weighted by molar-refractivity contribution is 9.10. The van der Waals surface area contributed by atoms with Crippen molar-refractivity contribution < 1.29 is 13.5 Å². The molecule has 2 aromatic rings. The summed E-state index contributed by atoms with van der Waals surface area (Å²) in [5.41, 5.74) is 6.74. The van der Waals surface area contributed by atoms with E-state index in [0.717, 1.165) is 11.6 Å². The fourth-order valence-electron chi connectivity index (χ4n) is 1.44. The SMILES string of the molecule is Cc1ccc(F)c(Oc2cc(F)c(Br)cc2N)c1. The van der Waals surface area contributed by atoms with E-state index in [0.29, 0.717) is 0 Å². The first-order chi connectivity index (χ1) is 8.47. The Kier molecular flexibility index (Phi) is 3.52. The molecular weight excluding hydrogens is 304 g/mol. The smallest absolute Gasteiger partial charge is 0.165 e. The molecule has 0 fully saturated rings. The van der Waals surface area contributed by atoms with Crippen LogP contribution in [0.5, 0.6) is 11.5 Å². The second-order valence-corrected chi connectivity index (χ2v) is 4.69. The molecule has 94 valence electrons. The van der Waals surface area contributed by atoms with Gasteiger partial charge in [0.15, 0.2) is 17.3 Å². The molecule has 2 aromatic carbocycles. The van der Waals surface area contributed by atoms with Gasteiger partial charge < -0.3 is 10.5 Å². The van der Waals surface area contributed by atoms with E-state index in [4.69, 9.17) is 10.5 Å². The van der Waals surface area contributed by atoms with Gasteiger partial charge in [-0.25, -0.2) is 8.78 Å². The highest BCUT2D eigenvalue weighted by Crippen LogP contribution is 2.33. The van der Waals surface area contributed by atoms with Crippen LogP contribution in [0.4, 0.5) is 14.5 Å². The molecule has 0 aliphatic carbocycles. The van der Waals surface area contributed by atoms with Gasteiger partial charge in [0.25, 0.3) is 0 Å². The zero-order valence-electron chi connectivity index (χ0n) is 9.51. The normalized spacial score (nSPS) is 10.4. The van der Waals surface area contributed by atoms with E-state index in [2.05, 4.69) is 15.9 Å². The molecule has 18 heavy (non-hydrogen) atoms. The highest BCUT2D eigenvalue weighted by atomic mass is 79.9. The molecule has 0 saturated carbocycles. The van der Waals surface area contributed by atoms with Crippen molar-refractivity contribution in [3.63, 3.8) is 0 Å². The van der Waals surface area contributed by atoms with E-state index < -0.39 is 11.6 Å². The Balaban J connectivity index is 2.40. The van der Waals surface area contributed by atoms with E-state index in [1.54, 1.807) is 13.0 Å². The number of rotatable bonds is 2. The van der Waals surface area contributed by atoms with E-state index in [1.165, 1.54) is 18.2 Å². The first-order valence-electron chi connectivity index (χ1n) is 5.16. The molecule has 2 nitrogen and oxygen atoms in total. The van der Waals surface area contributed by atoms with Gasteiger partial charge in [0, 0.05) is 6.07 Å². The molecule has 2 rings (SSSR count). The number of halogens is 3. The number of aryl methyl sites for hydroxylation is 1. The third-order valence-corrected chi connectivity index (χ3v) is 2.97. The maximum absolute atomic E-state index is 13.5. The highest BCUT2D eigenvalue weighted by Gasteiger charge is 2.11. The number of nitrogens with two attached hydrogens (primary N) is 1. The largest absolute Gasteiger partial charge is 0.452 e. The van der Waals surface area contributed by atoms with E-state index >= 15 is 0 Å². The first-order valence-corrected chi connectivity index (χ1v) is 5.95. The summed E-state index contributed by atoms with van der Waals surface area (Å²) in [7, 11) is 0. The number of nitrogen functional groups attached to an aromatic ring is 1. The lowest BCUT2D eigenvalue weighted by atomic mass is 10.2. The summed E-state index contributed by atoms with van der Waals surface area (Å²) in [6.07, 6.45) is 0. The van der Waals surface area contributed by atoms with Crippen LogP contribution in [0.1, 0.15) is 5.56 Å². The second kappa shape index (κ2) is 4.94. The van der Waals surface area contributed by atoms with Gasteiger partial charge >= 0.3 is 0 Å². The fraction of sp³-hybridized carbons (Fsp3) is 0.0769. The number of anilines is 1. The topological polar surface area (TPSA) is 35.2 Å². The molecule has 2 N–H and O–H groups in total. The van der Waals surface area contributed by atoms with Crippen LogP contribution in [-0.2, 0) is 0 Å². The zero-order chi connectivity index (χ0) is 13.3. The van der Waals surface area contributed by atoms with Crippen molar-refractivity contribution in [2.75, 3.05) is 5.73 Å². The summed E-state index contributed by atoms with van der Waals surface area (Å²) in [4.78, 5) is 0. The van der Waals surface area contributed by atoms with Crippen molar-refractivity contribution in [3.8, 4) is 11.5 Å². The molecular formula is C13H10BrF2NO. The van der Waals surface area contributed by atoms with Crippen LogP contribution in [0, 0.1) is 18.6 Å². The minimum absolute atomic E-state index is 0.0171. The van der Waals surface area contributed by atoms with Gasteiger partial charge in [-0.2, -0.15) is 0 Å². The molecule has 0 aliphatic rings. The van der Waals surface area contributed by atoms with Crippen LogP contribution >= 0.6 is 15.9 Å². The summed E-state index contributed by atoms with van der Waals surface area (Å²) in [5, 5.41) is 0. The van der Waals surface area contributed by atoms with Crippen molar-refractivity contribution in [2.24, 2.45) is 0 Å². The molecule has 0 bridgehead atoms. The van der Waals surface area contributed by atoms with E-state index in [9.17, 15) is 8.78 Å². The van der Waals surface area contributed by atoms with Crippen molar-refractivity contribution in [2.45, 2.75) is 6.92 Å². The van der Waals surface area contributed by atoms with Gasteiger partial charge in [0.1, 0.15) is 5.82 Å². The molecule has 0 saturated heterocycles. The molecule has 0 amide bonds. The van der Waals surface area contributed by atoms with Crippen molar-refractivity contribution in [1.29, 1.82) is 0 Å². The fourth-order valence-corrected chi connectivity index (χ4v) is 1.80. The minimum Gasteiger partial charge on any atom is -0.452 e. The minimum atomic E-state index is -0.525. The van der Waals surface area contributed by atoms with Crippen LogP contribution < -0.4 is 10.5 Å². The third kappa shape index (κ3) is 2.61. The Hall–Kier alpha value is -1.62. The summed E-state index contributed by atoms with van der Waals surface area (Å²) < 4.78 is 32.4. The Morgan fingerprint density at radius 1 is 1.06 bits per heavy atom. The summed E-state index contributed by atoms with van der Waals surface area (Å²) >= 11 is 3.01. The van der Waals surface area contributed by atoms with Crippen LogP contribution in [0.15, 0.2) is 34.8 Å². The lowest BCUT2D eigenvalue weighted by Crippen LogP contribution is -1.96. The van der Waals surface area contributed by atoms with Crippen LogP contribution in [0.2, 0.25) is 0 Å². The molecule has 0 heterocycles. The van der Waals surface area contributed by atoms with Crippen molar-refractivity contribution >= 4 is 21.6 Å². The van der Waals surface area contributed by atoms with Gasteiger partial charge in [-0.15, -0.1) is 0 Å². The van der Waals surface area contributed by atoms with E-state index in [-0.39, 0.29) is 21.7 Å². The van der Waals surface area contributed by atoms with Crippen LogP contribution in [0.25, 0.3) is 0 Å². The predicted molar refractivity (Wildman–Crippen MR) is 69.7 cm³/mol. The Morgan fingerprint density at radius 2 is 1.78 bits per heavy atom. The number of hydrogen-bond donors (Lipinski definition) is 1. The molecule has 5 heteroatoms. The second-order valence-electron chi connectivity index (χ2n) is 3.84. The lowest BCUT2D eigenvalue weighted by molar-refractivity contribution is 0.440.